The second-order valence-corrected chi connectivity index (χ2v) is 8.35. The van der Waals surface area contributed by atoms with Crippen molar-refractivity contribution in [1.82, 2.24) is 5.32 Å². The van der Waals surface area contributed by atoms with Crippen LogP contribution in [0.25, 0.3) is 5.70 Å². The van der Waals surface area contributed by atoms with Gasteiger partial charge in [-0.1, -0.05) is 85.9 Å². The molecule has 0 spiro atoms. The van der Waals surface area contributed by atoms with Crippen molar-refractivity contribution < 1.29 is 0 Å². The summed E-state index contributed by atoms with van der Waals surface area (Å²) in [5.74, 6) is 1.36. The predicted molar refractivity (Wildman–Crippen MR) is 129 cm³/mol. The second-order valence-electron chi connectivity index (χ2n) is 6.51. The Kier molecular flexibility index (Phi) is 6.12. The van der Waals surface area contributed by atoms with Crippen LogP contribution >= 0.6 is 31.9 Å². The zero-order chi connectivity index (χ0) is 20.2. The highest BCUT2D eigenvalue weighted by molar-refractivity contribution is 9.10. The van der Waals surface area contributed by atoms with Gasteiger partial charge in [-0.15, -0.1) is 0 Å². The summed E-state index contributed by atoms with van der Waals surface area (Å²) in [6.45, 7) is 0.508. The fourth-order valence-electron chi connectivity index (χ4n) is 3.02. The van der Waals surface area contributed by atoms with E-state index < -0.39 is 0 Å². The number of nitrogens with zero attached hydrogens (tertiary/aromatic N) is 2. The van der Waals surface area contributed by atoms with E-state index in [0.29, 0.717) is 17.8 Å². The molecule has 0 saturated heterocycles. The molecule has 0 aliphatic carbocycles. The van der Waals surface area contributed by atoms with Crippen molar-refractivity contribution in [3.63, 3.8) is 0 Å². The highest BCUT2D eigenvalue weighted by Crippen LogP contribution is 2.20. The summed E-state index contributed by atoms with van der Waals surface area (Å²) in [6, 6.07) is 23.8. The van der Waals surface area contributed by atoms with Crippen LogP contribution in [0, 0.1) is 0 Å². The van der Waals surface area contributed by atoms with Gasteiger partial charge in [0.25, 0.3) is 0 Å². The van der Waals surface area contributed by atoms with Crippen molar-refractivity contribution in [3.05, 3.63) is 105 Å². The molecule has 0 bridgehead atoms. The molecule has 29 heavy (non-hydrogen) atoms. The maximum absolute atomic E-state index is 5.97. The molecule has 3 nitrogen and oxygen atoms in total. The van der Waals surface area contributed by atoms with Crippen molar-refractivity contribution in [1.29, 1.82) is 0 Å². The lowest BCUT2D eigenvalue weighted by Gasteiger charge is -2.17. The van der Waals surface area contributed by atoms with Crippen LogP contribution < -0.4 is 10.8 Å². The summed E-state index contributed by atoms with van der Waals surface area (Å²) >= 11 is 7.10. The van der Waals surface area contributed by atoms with Gasteiger partial charge in [-0.25, -0.2) is 4.99 Å². The number of aliphatic imine (C=N–C) groups is 2. The fraction of sp³-hybridized carbons (Fsp3) is 0.0435. The minimum Gasteiger partial charge on any atom is -0.339 e. The number of hydrogen-bond donors (Lipinski definition) is 1. The Morgan fingerprint density at radius 2 is 1.45 bits per heavy atom. The molecule has 1 aliphatic heterocycles. The summed E-state index contributed by atoms with van der Waals surface area (Å²) < 4.78 is 2.00. The predicted octanol–water partition coefficient (Wildman–Crippen LogP) is 4.84. The maximum atomic E-state index is 5.97. The monoisotopic (exact) mass is 503 g/mol. The van der Waals surface area contributed by atoms with Crippen LogP contribution in [0.1, 0.15) is 16.7 Å². The van der Waals surface area contributed by atoms with E-state index in [9.17, 15) is 0 Å². The third-order valence-corrected chi connectivity index (χ3v) is 5.37. The fourth-order valence-corrected chi connectivity index (χ4v) is 3.82. The van der Waals surface area contributed by atoms with Crippen LogP contribution in [0.15, 0.2) is 97.8 Å². The lowest BCUT2D eigenvalue weighted by molar-refractivity contribution is 1.16. The Labute approximate surface area is 188 Å². The topological polar surface area (TPSA) is 36.8 Å². The highest BCUT2D eigenvalue weighted by atomic mass is 79.9. The molecular formula is C23H16BBr2N3. The van der Waals surface area contributed by atoms with E-state index in [1.165, 1.54) is 0 Å². The van der Waals surface area contributed by atoms with Gasteiger partial charge in [0.2, 0.25) is 0 Å². The molecule has 0 fully saturated rings. The molecule has 0 saturated carbocycles. The van der Waals surface area contributed by atoms with Gasteiger partial charge in [0.1, 0.15) is 13.7 Å². The van der Waals surface area contributed by atoms with E-state index in [-0.39, 0.29) is 0 Å². The average molecular weight is 505 g/mol. The van der Waals surface area contributed by atoms with E-state index in [4.69, 9.17) is 17.8 Å². The van der Waals surface area contributed by atoms with Crippen molar-refractivity contribution in [2.45, 2.75) is 0 Å². The van der Waals surface area contributed by atoms with Gasteiger partial charge < -0.3 is 5.32 Å². The summed E-state index contributed by atoms with van der Waals surface area (Å²) in [4.78, 5) is 9.61. The minimum atomic E-state index is 0.508. The number of amidine groups is 2. The first kappa shape index (κ1) is 19.9. The molecular weight excluding hydrogens is 489 g/mol. The van der Waals surface area contributed by atoms with Crippen molar-refractivity contribution >= 4 is 62.5 Å². The van der Waals surface area contributed by atoms with E-state index in [1.807, 2.05) is 60.7 Å². The van der Waals surface area contributed by atoms with Crippen molar-refractivity contribution in [2.75, 3.05) is 6.54 Å². The first-order valence-corrected chi connectivity index (χ1v) is 10.7. The Hall–Kier alpha value is -2.44. The summed E-state index contributed by atoms with van der Waals surface area (Å²) in [6.07, 6.45) is 2.07. The Balaban J connectivity index is 1.82. The normalized spacial score (nSPS) is 14.1. The SMILES string of the molecule is [B]c1cccc(C2=NCC=C(c3cccc(Br)c3)NC(c3cccc(Br)c3)=N2)c1. The van der Waals surface area contributed by atoms with E-state index in [1.54, 1.807) is 0 Å². The van der Waals surface area contributed by atoms with Gasteiger partial charge in [0.15, 0.2) is 5.84 Å². The molecule has 3 aromatic rings. The Bertz CT molecular complexity index is 1150. The van der Waals surface area contributed by atoms with E-state index in [2.05, 4.69) is 55.4 Å². The van der Waals surface area contributed by atoms with Crippen LogP contribution in [-0.4, -0.2) is 26.1 Å². The molecule has 0 amide bonds. The highest BCUT2D eigenvalue weighted by Gasteiger charge is 2.14. The number of nitrogens with one attached hydrogen (secondary N) is 1. The van der Waals surface area contributed by atoms with Gasteiger partial charge >= 0.3 is 0 Å². The number of benzene rings is 3. The number of hydrogen-bond acceptors (Lipinski definition) is 3. The van der Waals surface area contributed by atoms with E-state index in [0.717, 1.165) is 37.2 Å². The van der Waals surface area contributed by atoms with Crippen LogP contribution in [0.2, 0.25) is 0 Å². The summed E-state index contributed by atoms with van der Waals surface area (Å²) in [5, 5.41) is 3.51. The average Bonchev–Trinajstić information content (AvgIpc) is 2.68. The maximum Gasteiger partial charge on any atom is 0.157 e. The van der Waals surface area contributed by atoms with Crippen LogP contribution in [0.5, 0.6) is 0 Å². The zero-order valence-electron chi connectivity index (χ0n) is 15.4. The zero-order valence-corrected chi connectivity index (χ0v) is 18.6. The third kappa shape index (κ3) is 4.95. The Morgan fingerprint density at radius 1 is 0.793 bits per heavy atom. The summed E-state index contributed by atoms with van der Waals surface area (Å²) in [7, 11) is 5.97. The lowest BCUT2D eigenvalue weighted by Crippen LogP contribution is -2.26. The van der Waals surface area contributed by atoms with Crippen LogP contribution in [-0.2, 0) is 0 Å². The van der Waals surface area contributed by atoms with Crippen molar-refractivity contribution in [3.8, 4) is 0 Å². The van der Waals surface area contributed by atoms with Crippen LogP contribution in [0.4, 0.5) is 0 Å². The molecule has 0 aromatic heterocycles. The smallest absolute Gasteiger partial charge is 0.157 e. The quantitative estimate of drug-likeness (QED) is 0.509. The first-order chi connectivity index (χ1) is 14.1. The molecule has 140 valence electrons. The molecule has 6 heteroatoms. The number of halogens is 2. The summed E-state index contributed by atoms with van der Waals surface area (Å²) in [5.41, 5.74) is 4.55. The molecule has 3 aromatic carbocycles. The van der Waals surface area contributed by atoms with Crippen LogP contribution in [0.3, 0.4) is 0 Å². The molecule has 0 atom stereocenters. The molecule has 4 rings (SSSR count). The molecule has 1 N–H and O–H groups in total. The lowest BCUT2D eigenvalue weighted by atomic mass is 9.94. The van der Waals surface area contributed by atoms with E-state index >= 15 is 0 Å². The van der Waals surface area contributed by atoms with Gasteiger partial charge in [-0.2, -0.15) is 0 Å². The largest absolute Gasteiger partial charge is 0.339 e. The molecule has 2 radical (unpaired) electrons. The molecule has 1 heterocycles. The Morgan fingerprint density at radius 3 is 2.17 bits per heavy atom. The standard InChI is InChI=1S/C23H16BBr2N3/c24-18-7-1-5-16(12-18)22-27-11-10-21(15-4-2-8-19(25)13-15)28-23(29-22)17-6-3-9-20(26)14-17/h1-10,12-14H,11H2,(H,27,28,29). The van der Waals surface area contributed by atoms with Gasteiger partial charge in [0.05, 0.1) is 6.54 Å². The van der Waals surface area contributed by atoms with Gasteiger partial charge in [0, 0.05) is 25.8 Å². The molecule has 1 aliphatic rings. The first-order valence-electron chi connectivity index (χ1n) is 9.06. The molecule has 0 unspecified atom stereocenters. The third-order valence-electron chi connectivity index (χ3n) is 4.39. The van der Waals surface area contributed by atoms with Crippen molar-refractivity contribution in [2.24, 2.45) is 9.98 Å². The van der Waals surface area contributed by atoms with Gasteiger partial charge in [-0.05, 0) is 35.9 Å². The number of rotatable bonds is 3. The van der Waals surface area contributed by atoms with Gasteiger partial charge in [-0.3, -0.25) is 4.99 Å². The second kappa shape index (κ2) is 8.93. The minimum absolute atomic E-state index is 0.508.